The molecule has 1 aliphatic rings. The molecule has 5 aromatic carbocycles. The van der Waals surface area contributed by atoms with E-state index in [1.807, 2.05) is 121 Å². The molecule has 0 unspecified atom stereocenters. The summed E-state index contributed by atoms with van der Waals surface area (Å²) in [4.78, 5) is 6.94. The van der Waals surface area contributed by atoms with Crippen LogP contribution in [-0.2, 0) is 21.1 Å². The van der Waals surface area contributed by atoms with Gasteiger partial charge in [-0.2, -0.15) is 11.2 Å². The smallest absolute Gasteiger partial charge is 0.129 e. The van der Waals surface area contributed by atoms with Crippen LogP contribution in [-0.4, -0.2) is 10.8 Å². The third-order valence-electron chi connectivity index (χ3n) is 6.80. The third-order valence-corrected chi connectivity index (χ3v) is 6.80. The molecule has 2 heterocycles. The van der Waals surface area contributed by atoms with Crippen LogP contribution in [0.25, 0.3) is 22.5 Å². The Labute approximate surface area is 266 Å². The van der Waals surface area contributed by atoms with E-state index in [1.165, 1.54) is 0 Å². The summed E-state index contributed by atoms with van der Waals surface area (Å²) in [5.74, 6) is 1.97. The van der Waals surface area contributed by atoms with Crippen molar-refractivity contribution in [1.82, 2.24) is 4.98 Å². The van der Waals surface area contributed by atoms with E-state index < -0.39 is 0 Å². The Morgan fingerprint density at radius 2 is 1.16 bits per heavy atom. The molecule has 1 aliphatic heterocycles. The first-order valence-corrected chi connectivity index (χ1v) is 13.7. The Morgan fingerprint density at radius 3 is 1.91 bits per heavy atom. The first-order valence-electron chi connectivity index (χ1n) is 13.7. The van der Waals surface area contributed by atoms with E-state index in [-0.39, 0.29) is 21.1 Å². The fourth-order valence-electron chi connectivity index (χ4n) is 4.78. The first kappa shape index (κ1) is 28.1. The molecule has 43 heavy (non-hydrogen) atoms. The van der Waals surface area contributed by atoms with Crippen molar-refractivity contribution in [3.63, 3.8) is 0 Å². The van der Waals surface area contributed by atoms with Crippen LogP contribution in [0, 0.1) is 18.8 Å². The number of hydrazone groups is 1. The van der Waals surface area contributed by atoms with Crippen LogP contribution in [0.3, 0.4) is 0 Å². The standard InChI is InChI=1S/C37H25N4O.Pt/c1-4-13-28(14-5-1)35-23-12-24-36(38-35)30-17-10-21-33(25-30)42-34-22-11-20-32(26-34)41-27-40(31-18-8-3-9-19-31)37(39-41)29-15-6-2-7-16-29;/h1-24,27H;/q-3;. The van der Waals surface area contributed by atoms with Gasteiger partial charge in [-0.15, -0.1) is 48.6 Å². The van der Waals surface area contributed by atoms with Crippen molar-refractivity contribution in [2.24, 2.45) is 5.10 Å². The summed E-state index contributed by atoms with van der Waals surface area (Å²) in [6, 6.07) is 54.8. The normalized spacial score (nSPS) is 12.4. The van der Waals surface area contributed by atoms with Crippen molar-refractivity contribution < 1.29 is 25.8 Å². The number of hydrogen-bond donors (Lipinski definition) is 0. The van der Waals surface area contributed by atoms with Gasteiger partial charge in [-0.25, -0.2) is 0 Å². The maximum absolute atomic E-state index is 6.24. The average molecular weight is 737 g/mol. The third kappa shape index (κ3) is 6.28. The molecular formula is C37H25N4OPt-3. The van der Waals surface area contributed by atoms with Gasteiger partial charge in [0.2, 0.25) is 0 Å². The predicted molar refractivity (Wildman–Crippen MR) is 168 cm³/mol. The van der Waals surface area contributed by atoms with Crippen molar-refractivity contribution in [2.45, 2.75) is 0 Å². The summed E-state index contributed by atoms with van der Waals surface area (Å²) >= 11 is 0. The SMILES string of the molecule is [Pt].[c-]1c(Oc2[c-]c(N3[CH-]N(c4ccccc4)C(c4ccccc4)=N3)ccc2)cccc1-c1cccc(-c2ccccc2)n1. The topological polar surface area (TPSA) is 41.0 Å². The molecule has 0 N–H and O–H groups in total. The predicted octanol–water partition coefficient (Wildman–Crippen LogP) is 8.61. The van der Waals surface area contributed by atoms with E-state index >= 15 is 0 Å². The molecule has 0 saturated heterocycles. The van der Waals surface area contributed by atoms with E-state index in [0.29, 0.717) is 11.5 Å². The molecule has 1 aromatic heterocycles. The minimum atomic E-state index is 0. The summed E-state index contributed by atoms with van der Waals surface area (Å²) in [5.41, 5.74) is 6.46. The molecule has 0 aliphatic carbocycles. The van der Waals surface area contributed by atoms with Crippen LogP contribution in [0.1, 0.15) is 5.56 Å². The van der Waals surface area contributed by atoms with E-state index in [1.54, 1.807) is 0 Å². The molecule has 0 radical (unpaired) electrons. The van der Waals surface area contributed by atoms with Gasteiger partial charge < -0.3 is 14.6 Å². The van der Waals surface area contributed by atoms with Crippen LogP contribution in [0.2, 0.25) is 0 Å². The van der Waals surface area contributed by atoms with Crippen LogP contribution < -0.4 is 14.6 Å². The second-order valence-electron chi connectivity index (χ2n) is 9.66. The number of hydrogen-bond acceptors (Lipinski definition) is 5. The molecule has 0 fully saturated rings. The average Bonchev–Trinajstić information content (AvgIpc) is 3.52. The summed E-state index contributed by atoms with van der Waals surface area (Å²) in [7, 11) is 0. The zero-order valence-corrected chi connectivity index (χ0v) is 25.2. The number of benzene rings is 5. The molecule has 5 nitrogen and oxygen atoms in total. The summed E-state index contributed by atoms with van der Waals surface area (Å²) in [6.45, 7) is 1.96. The molecule has 0 amide bonds. The van der Waals surface area contributed by atoms with E-state index in [9.17, 15) is 0 Å². The number of ether oxygens (including phenoxy) is 1. The molecule has 6 aromatic rings. The summed E-state index contributed by atoms with van der Waals surface area (Å²) in [5, 5.41) is 6.76. The van der Waals surface area contributed by atoms with Crippen molar-refractivity contribution in [1.29, 1.82) is 0 Å². The van der Waals surface area contributed by atoms with Gasteiger partial charge in [-0.3, -0.25) is 4.98 Å². The minimum absolute atomic E-state index is 0. The van der Waals surface area contributed by atoms with Crippen LogP contribution >= 0.6 is 0 Å². The van der Waals surface area contributed by atoms with Crippen LogP contribution in [0.4, 0.5) is 11.4 Å². The number of pyridine rings is 1. The van der Waals surface area contributed by atoms with Gasteiger partial charge in [-0.1, -0.05) is 103 Å². The second kappa shape index (κ2) is 12.9. The Hall–Kier alpha value is -4.99. The monoisotopic (exact) mass is 736 g/mol. The fourth-order valence-corrected chi connectivity index (χ4v) is 4.78. The maximum Gasteiger partial charge on any atom is 0.129 e. The van der Waals surface area contributed by atoms with Gasteiger partial charge in [0.05, 0.1) is 5.69 Å². The molecule has 0 spiro atoms. The molecule has 7 rings (SSSR count). The zero-order chi connectivity index (χ0) is 28.1. The van der Waals surface area contributed by atoms with Gasteiger partial charge in [0.1, 0.15) is 5.84 Å². The van der Waals surface area contributed by atoms with Crippen molar-refractivity contribution in [3.8, 4) is 34.0 Å². The summed E-state index contributed by atoms with van der Waals surface area (Å²) in [6.07, 6.45) is 0. The Bertz CT molecular complexity index is 1850. The number of anilines is 2. The largest absolute Gasteiger partial charge is 0.503 e. The molecule has 212 valence electrons. The maximum atomic E-state index is 6.24. The van der Waals surface area contributed by atoms with Gasteiger partial charge in [0.15, 0.2) is 0 Å². The molecule has 0 bridgehead atoms. The number of aromatic nitrogens is 1. The van der Waals surface area contributed by atoms with Crippen molar-refractivity contribution >= 4 is 17.2 Å². The fraction of sp³-hybridized carbons (Fsp3) is 0. The first-order chi connectivity index (χ1) is 20.8. The number of amidine groups is 1. The van der Waals surface area contributed by atoms with Crippen molar-refractivity contribution in [3.05, 3.63) is 170 Å². The van der Waals surface area contributed by atoms with Crippen LogP contribution in [0.5, 0.6) is 11.5 Å². The van der Waals surface area contributed by atoms with E-state index in [2.05, 4.69) is 53.4 Å². The van der Waals surface area contributed by atoms with Gasteiger partial charge in [-0.05, 0) is 29.5 Å². The van der Waals surface area contributed by atoms with Gasteiger partial charge in [0.25, 0.3) is 0 Å². The Balaban J connectivity index is 0.00000329. The number of nitrogens with zero attached hydrogens (tertiary/aromatic N) is 4. The van der Waals surface area contributed by atoms with Gasteiger partial charge >= 0.3 is 0 Å². The molecule has 6 heteroatoms. The Kier molecular flexibility index (Phi) is 8.44. The van der Waals surface area contributed by atoms with Crippen molar-refractivity contribution in [2.75, 3.05) is 9.91 Å². The zero-order valence-electron chi connectivity index (χ0n) is 22.9. The quantitative estimate of drug-likeness (QED) is 0.154. The van der Waals surface area contributed by atoms with E-state index in [0.717, 1.165) is 45.3 Å². The van der Waals surface area contributed by atoms with E-state index in [4.69, 9.17) is 14.8 Å². The summed E-state index contributed by atoms with van der Waals surface area (Å²) < 4.78 is 6.24. The minimum Gasteiger partial charge on any atom is -0.503 e. The van der Waals surface area contributed by atoms with Crippen LogP contribution in [0.15, 0.2) is 151 Å². The Morgan fingerprint density at radius 1 is 0.558 bits per heavy atom. The molecule has 0 saturated carbocycles. The molecule has 0 atom stereocenters. The number of para-hydroxylation sites is 1. The second-order valence-corrected chi connectivity index (χ2v) is 9.66. The van der Waals surface area contributed by atoms with Gasteiger partial charge in [0, 0.05) is 43.8 Å². The molecular weight excluding hydrogens is 712 g/mol. The number of rotatable bonds is 7.